The molecule has 0 aliphatic rings. The molecular formula is C26H29N3O4S. The lowest BCUT2D eigenvalue weighted by atomic mass is 10.0. The average Bonchev–Trinajstić information content (AvgIpc) is 3.35. The minimum atomic E-state index is -0.983. The molecule has 2 aromatic carbocycles. The van der Waals surface area contributed by atoms with Crippen LogP contribution in [0, 0.1) is 0 Å². The monoisotopic (exact) mass is 479 g/mol. The van der Waals surface area contributed by atoms with Crippen LogP contribution in [-0.4, -0.2) is 36.9 Å². The van der Waals surface area contributed by atoms with E-state index in [2.05, 4.69) is 10.6 Å². The van der Waals surface area contributed by atoms with Crippen molar-refractivity contribution in [1.82, 2.24) is 10.6 Å². The highest BCUT2D eigenvalue weighted by Crippen LogP contribution is 2.35. The molecule has 0 unspecified atom stereocenters. The molecule has 0 saturated heterocycles. The zero-order chi connectivity index (χ0) is 24.7. The van der Waals surface area contributed by atoms with Crippen LogP contribution in [0.3, 0.4) is 0 Å². The number of hydrogen-bond donors (Lipinski definition) is 2. The molecule has 0 aliphatic carbocycles. The number of nitrogens with zero attached hydrogens (tertiary/aromatic N) is 1. The third-order valence-corrected chi connectivity index (χ3v) is 5.75. The van der Waals surface area contributed by atoms with Crippen molar-refractivity contribution in [3.05, 3.63) is 82.6 Å². The van der Waals surface area contributed by atoms with Crippen LogP contribution < -0.4 is 20.3 Å². The zero-order valence-electron chi connectivity index (χ0n) is 19.7. The molecule has 2 N–H and O–H groups in total. The van der Waals surface area contributed by atoms with Gasteiger partial charge in [-0.05, 0) is 49.9 Å². The standard InChI is InChI=1S/C26H29N3O4S/c1-26(2,3)28-25(32)23(18-11-6-5-7-12-18)29(19-13-8-9-14-20(19)33-4)22(30)17-27-24(31)21-15-10-16-34-21/h5-16,23H,17H2,1-4H3,(H,27,31)(H,28,32)/t23-/m0/s1. The van der Waals surface area contributed by atoms with Crippen molar-refractivity contribution in [3.8, 4) is 5.75 Å². The summed E-state index contributed by atoms with van der Waals surface area (Å²) in [6.07, 6.45) is 0. The lowest BCUT2D eigenvalue weighted by Gasteiger charge is -2.34. The molecule has 1 atom stereocenters. The topological polar surface area (TPSA) is 87.7 Å². The molecule has 3 amide bonds. The Morgan fingerprint density at radius 3 is 2.26 bits per heavy atom. The van der Waals surface area contributed by atoms with Crippen LogP contribution in [0.25, 0.3) is 0 Å². The molecule has 0 bridgehead atoms. The maximum atomic E-state index is 13.6. The second-order valence-corrected chi connectivity index (χ2v) is 9.60. The fourth-order valence-electron chi connectivity index (χ4n) is 3.47. The molecule has 178 valence electrons. The van der Waals surface area contributed by atoms with Gasteiger partial charge in [0.1, 0.15) is 11.8 Å². The van der Waals surface area contributed by atoms with Gasteiger partial charge < -0.3 is 15.4 Å². The predicted molar refractivity (Wildman–Crippen MR) is 134 cm³/mol. The van der Waals surface area contributed by atoms with E-state index in [-0.39, 0.29) is 18.4 Å². The Labute approximate surface area is 203 Å². The van der Waals surface area contributed by atoms with Crippen molar-refractivity contribution in [3.63, 3.8) is 0 Å². The van der Waals surface area contributed by atoms with Gasteiger partial charge in [0.05, 0.1) is 24.2 Å². The van der Waals surface area contributed by atoms with Crippen LogP contribution in [0.15, 0.2) is 72.1 Å². The number of methoxy groups -OCH3 is 1. The maximum Gasteiger partial charge on any atom is 0.261 e. The van der Waals surface area contributed by atoms with Crippen molar-refractivity contribution in [2.24, 2.45) is 0 Å². The molecule has 3 rings (SSSR count). The van der Waals surface area contributed by atoms with E-state index in [9.17, 15) is 14.4 Å². The van der Waals surface area contributed by atoms with E-state index in [1.54, 1.807) is 53.9 Å². The fourth-order valence-corrected chi connectivity index (χ4v) is 4.11. The number of hydrogen-bond acceptors (Lipinski definition) is 5. The molecule has 0 spiro atoms. The number of nitrogens with one attached hydrogen (secondary N) is 2. The van der Waals surface area contributed by atoms with Crippen LogP contribution in [0.1, 0.15) is 42.0 Å². The Morgan fingerprint density at radius 1 is 0.971 bits per heavy atom. The summed E-state index contributed by atoms with van der Waals surface area (Å²) in [5.41, 5.74) is 0.541. The van der Waals surface area contributed by atoms with E-state index in [1.165, 1.54) is 23.3 Å². The number of thiophene rings is 1. The summed E-state index contributed by atoms with van der Waals surface area (Å²) in [4.78, 5) is 41.6. The normalized spacial score (nSPS) is 11.9. The number of carbonyl (C=O) groups excluding carboxylic acids is 3. The molecule has 0 fully saturated rings. The first-order chi connectivity index (χ1) is 16.2. The number of amides is 3. The van der Waals surface area contributed by atoms with Gasteiger partial charge in [-0.15, -0.1) is 11.3 Å². The van der Waals surface area contributed by atoms with Crippen molar-refractivity contribution >= 4 is 34.7 Å². The Morgan fingerprint density at radius 2 is 1.65 bits per heavy atom. The molecule has 8 heteroatoms. The van der Waals surface area contributed by atoms with E-state index >= 15 is 0 Å². The number of para-hydroxylation sites is 2. The van der Waals surface area contributed by atoms with E-state index in [1.807, 2.05) is 39.0 Å². The molecule has 0 radical (unpaired) electrons. The summed E-state index contributed by atoms with van der Waals surface area (Å²) in [5, 5.41) is 7.45. The third-order valence-electron chi connectivity index (χ3n) is 4.88. The van der Waals surface area contributed by atoms with Gasteiger partial charge in [0.2, 0.25) is 11.8 Å². The second-order valence-electron chi connectivity index (χ2n) is 8.65. The smallest absolute Gasteiger partial charge is 0.261 e. The summed E-state index contributed by atoms with van der Waals surface area (Å²) in [6, 6.07) is 18.5. The van der Waals surface area contributed by atoms with E-state index < -0.39 is 17.5 Å². The van der Waals surface area contributed by atoms with Gasteiger partial charge in [-0.3, -0.25) is 19.3 Å². The maximum absolute atomic E-state index is 13.6. The Kier molecular flexibility index (Phi) is 8.07. The van der Waals surface area contributed by atoms with Crippen molar-refractivity contribution in [2.75, 3.05) is 18.6 Å². The first-order valence-electron chi connectivity index (χ1n) is 10.8. The molecule has 0 saturated carbocycles. The minimum Gasteiger partial charge on any atom is -0.495 e. The number of benzene rings is 2. The molecular weight excluding hydrogens is 450 g/mol. The fraction of sp³-hybridized carbons (Fsp3) is 0.269. The largest absolute Gasteiger partial charge is 0.495 e. The Bertz CT molecular complexity index is 1120. The van der Waals surface area contributed by atoms with Crippen molar-refractivity contribution in [1.29, 1.82) is 0 Å². The van der Waals surface area contributed by atoms with Gasteiger partial charge in [0.15, 0.2) is 0 Å². The quantitative estimate of drug-likeness (QED) is 0.508. The lowest BCUT2D eigenvalue weighted by molar-refractivity contribution is -0.127. The van der Waals surface area contributed by atoms with E-state index in [0.29, 0.717) is 21.9 Å². The summed E-state index contributed by atoms with van der Waals surface area (Å²) < 4.78 is 5.52. The minimum absolute atomic E-state index is 0.291. The Hall–Kier alpha value is -3.65. The Balaban J connectivity index is 2.04. The molecule has 3 aromatic rings. The third kappa shape index (κ3) is 6.23. The van der Waals surface area contributed by atoms with Crippen LogP contribution in [-0.2, 0) is 9.59 Å². The summed E-state index contributed by atoms with van der Waals surface area (Å²) in [6.45, 7) is 5.34. The molecule has 1 aromatic heterocycles. The van der Waals surface area contributed by atoms with Crippen LogP contribution in [0.5, 0.6) is 5.75 Å². The van der Waals surface area contributed by atoms with Crippen molar-refractivity contribution in [2.45, 2.75) is 32.4 Å². The van der Waals surface area contributed by atoms with Gasteiger partial charge in [-0.25, -0.2) is 0 Å². The van der Waals surface area contributed by atoms with Gasteiger partial charge in [0.25, 0.3) is 5.91 Å². The van der Waals surface area contributed by atoms with E-state index in [0.717, 1.165) is 0 Å². The van der Waals surface area contributed by atoms with Crippen LogP contribution in [0.2, 0.25) is 0 Å². The predicted octanol–water partition coefficient (Wildman–Crippen LogP) is 4.18. The molecule has 34 heavy (non-hydrogen) atoms. The summed E-state index contributed by atoms with van der Waals surface area (Å²) >= 11 is 1.29. The lowest BCUT2D eigenvalue weighted by Crippen LogP contribution is -2.51. The highest BCUT2D eigenvalue weighted by Gasteiger charge is 2.35. The number of rotatable bonds is 8. The number of carbonyl (C=O) groups is 3. The van der Waals surface area contributed by atoms with Crippen LogP contribution in [0.4, 0.5) is 5.69 Å². The first kappa shape index (κ1) is 25.0. The van der Waals surface area contributed by atoms with Gasteiger partial charge >= 0.3 is 0 Å². The second kappa shape index (κ2) is 11.0. The number of ether oxygens (including phenoxy) is 1. The van der Waals surface area contributed by atoms with Crippen molar-refractivity contribution < 1.29 is 19.1 Å². The zero-order valence-corrected chi connectivity index (χ0v) is 20.5. The summed E-state index contributed by atoms with van der Waals surface area (Å²) in [7, 11) is 1.51. The van der Waals surface area contributed by atoms with Gasteiger partial charge in [-0.1, -0.05) is 48.5 Å². The van der Waals surface area contributed by atoms with Gasteiger partial charge in [0, 0.05) is 5.54 Å². The highest BCUT2D eigenvalue weighted by molar-refractivity contribution is 7.12. The summed E-state index contributed by atoms with van der Waals surface area (Å²) in [5.74, 6) is -0.710. The van der Waals surface area contributed by atoms with Crippen LogP contribution >= 0.6 is 11.3 Å². The SMILES string of the molecule is COc1ccccc1N(C(=O)CNC(=O)c1cccs1)[C@H](C(=O)NC(C)(C)C)c1ccccc1. The molecule has 0 aliphatic heterocycles. The molecule has 1 heterocycles. The van der Waals surface area contributed by atoms with Gasteiger partial charge in [-0.2, -0.15) is 0 Å². The highest BCUT2D eigenvalue weighted by atomic mass is 32.1. The average molecular weight is 480 g/mol. The van der Waals surface area contributed by atoms with E-state index in [4.69, 9.17) is 4.74 Å². The number of anilines is 1. The first-order valence-corrected chi connectivity index (χ1v) is 11.7. The molecule has 7 nitrogen and oxygen atoms in total.